The molecule has 1 aromatic heterocycles. The van der Waals surface area contributed by atoms with Crippen molar-refractivity contribution in [2.24, 2.45) is 0 Å². The van der Waals surface area contributed by atoms with Crippen molar-refractivity contribution >= 4 is 10.8 Å². The molecule has 9 aromatic carbocycles. The molecule has 0 saturated carbocycles. The van der Waals surface area contributed by atoms with Gasteiger partial charge in [0.2, 0.25) is 0 Å². The third-order valence-corrected chi connectivity index (χ3v) is 13.4. The van der Waals surface area contributed by atoms with Crippen LogP contribution in [0.5, 0.6) is 0 Å². The van der Waals surface area contributed by atoms with Crippen molar-refractivity contribution in [2.75, 3.05) is 0 Å². The second kappa shape index (κ2) is 12.4. The van der Waals surface area contributed by atoms with Gasteiger partial charge in [-0.2, -0.15) is 0 Å². The Balaban J connectivity index is 1.21. The SMILES string of the molecule is c1ccc(-c2nc(-c3ccc4ccccc4c3)nc(-c3cccc4c3C3(c5ccccc5-c5ccccc53)c3ccccc3C43c4ccccc4-c4ccccc43)n2)cc1. The first-order valence-electron chi connectivity index (χ1n) is 20.7. The summed E-state index contributed by atoms with van der Waals surface area (Å²) in [6, 6.07) is 77.5. The van der Waals surface area contributed by atoms with Crippen molar-refractivity contribution in [3.8, 4) is 56.4 Å². The van der Waals surface area contributed by atoms with Gasteiger partial charge < -0.3 is 0 Å². The average Bonchev–Trinajstić information content (AvgIpc) is 3.79. The number of hydrogen-bond acceptors (Lipinski definition) is 3. The molecular weight excluding hydrogens is 727 g/mol. The Labute approximate surface area is 348 Å². The highest BCUT2D eigenvalue weighted by Crippen LogP contribution is 2.68. The van der Waals surface area contributed by atoms with Crippen molar-refractivity contribution in [3.63, 3.8) is 0 Å². The van der Waals surface area contributed by atoms with E-state index in [-0.39, 0.29) is 0 Å². The third kappa shape index (κ3) is 4.25. The van der Waals surface area contributed by atoms with E-state index in [4.69, 9.17) is 15.0 Å². The van der Waals surface area contributed by atoms with E-state index in [1.165, 1.54) is 72.1 Å². The van der Waals surface area contributed by atoms with Gasteiger partial charge in [0.1, 0.15) is 0 Å². The summed E-state index contributed by atoms with van der Waals surface area (Å²) >= 11 is 0. The molecule has 3 aliphatic carbocycles. The molecular formula is C57H35N3. The van der Waals surface area contributed by atoms with Crippen LogP contribution in [-0.2, 0) is 10.8 Å². The summed E-state index contributed by atoms with van der Waals surface area (Å²) in [7, 11) is 0. The first-order chi connectivity index (χ1) is 29.8. The van der Waals surface area contributed by atoms with Crippen LogP contribution in [0.2, 0.25) is 0 Å². The van der Waals surface area contributed by atoms with Gasteiger partial charge in [0, 0.05) is 16.7 Å². The quantitative estimate of drug-likeness (QED) is 0.180. The number of nitrogens with zero attached hydrogens (tertiary/aromatic N) is 3. The molecule has 3 heteroatoms. The zero-order chi connectivity index (χ0) is 39.4. The van der Waals surface area contributed by atoms with E-state index in [9.17, 15) is 0 Å². The lowest BCUT2D eigenvalue weighted by Gasteiger charge is -2.49. The fourth-order valence-electron chi connectivity index (χ4n) is 11.2. The number of benzene rings is 9. The number of rotatable bonds is 3. The first-order valence-corrected chi connectivity index (χ1v) is 20.7. The summed E-state index contributed by atoms with van der Waals surface area (Å²) in [4.78, 5) is 16.2. The van der Waals surface area contributed by atoms with Gasteiger partial charge in [-0.05, 0) is 83.6 Å². The lowest BCUT2D eigenvalue weighted by Crippen LogP contribution is -2.44. The second-order valence-electron chi connectivity index (χ2n) is 16.2. The van der Waals surface area contributed by atoms with Crippen molar-refractivity contribution < 1.29 is 0 Å². The molecule has 0 atom stereocenters. The summed E-state index contributed by atoms with van der Waals surface area (Å²) in [5.74, 6) is 1.94. The van der Waals surface area contributed by atoms with Gasteiger partial charge in [0.25, 0.3) is 0 Å². The first kappa shape index (κ1) is 33.2. The Morgan fingerprint density at radius 1 is 0.250 bits per heavy atom. The van der Waals surface area contributed by atoms with Gasteiger partial charge in [-0.25, -0.2) is 15.0 Å². The minimum Gasteiger partial charge on any atom is -0.208 e. The standard InChI is InChI=1S/C57H35N3/c1-2-18-37(19-3-1)53-58-54(39-34-33-36-17-4-5-20-38(36)35-39)60-55(59-53)44-25-16-32-51-52(44)57(47-28-12-8-23-42(47)43-24-9-13-29-48(43)57)50-31-15-14-30-49(50)56(51)45-26-10-6-21-40(45)41-22-7-11-27-46(41)56/h1-35H. The molecule has 0 unspecified atom stereocenters. The molecule has 0 amide bonds. The van der Waals surface area contributed by atoms with E-state index < -0.39 is 10.8 Å². The number of aromatic nitrogens is 3. The predicted octanol–water partition coefficient (Wildman–Crippen LogP) is 13.1. The van der Waals surface area contributed by atoms with Gasteiger partial charge in [0.05, 0.1) is 10.8 Å². The molecule has 10 aromatic rings. The summed E-state index contributed by atoms with van der Waals surface area (Å²) in [5.41, 5.74) is 16.8. The van der Waals surface area contributed by atoms with Crippen LogP contribution in [0.1, 0.15) is 44.5 Å². The van der Waals surface area contributed by atoms with Crippen molar-refractivity contribution in [1.29, 1.82) is 0 Å². The van der Waals surface area contributed by atoms with Gasteiger partial charge in [-0.3, -0.25) is 0 Å². The van der Waals surface area contributed by atoms with Gasteiger partial charge in [0.15, 0.2) is 17.5 Å². The largest absolute Gasteiger partial charge is 0.208 e. The van der Waals surface area contributed by atoms with E-state index in [0.29, 0.717) is 17.5 Å². The maximum absolute atomic E-state index is 5.52. The van der Waals surface area contributed by atoms with Crippen LogP contribution in [0, 0.1) is 0 Å². The lowest BCUT2D eigenvalue weighted by atomic mass is 9.51. The topological polar surface area (TPSA) is 38.7 Å². The highest BCUT2D eigenvalue weighted by atomic mass is 15.0. The smallest absolute Gasteiger partial charge is 0.164 e. The minimum absolute atomic E-state index is 0.608. The molecule has 0 radical (unpaired) electrons. The molecule has 60 heavy (non-hydrogen) atoms. The van der Waals surface area contributed by atoms with Crippen molar-refractivity contribution in [2.45, 2.75) is 10.8 Å². The Morgan fingerprint density at radius 2 is 0.667 bits per heavy atom. The fourth-order valence-corrected chi connectivity index (χ4v) is 11.2. The molecule has 3 nitrogen and oxygen atoms in total. The highest BCUT2D eigenvalue weighted by Gasteiger charge is 2.59. The van der Waals surface area contributed by atoms with Crippen LogP contribution in [0.15, 0.2) is 212 Å². The maximum Gasteiger partial charge on any atom is 0.164 e. The summed E-state index contributed by atoms with van der Waals surface area (Å²) in [6.07, 6.45) is 0. The van der Waals surface area contributed by atoms with E-state index in [2.05, 4.69) is 206 Å². The molecule has 0 bridgehead atoms. The van der Waals surface area contributed by atoms with Crippen LogP contribution in [0.4, 0.5) is 0 Å². The fraction of sp³-hybridized carbons (Fsp3) is 0.0351. The molecule has 0 saturated heterocycles. The van der Waals surface area contributed by atoms with Gasteiger partial charge in [-0.15, -0.1) is 0 Å². The van der Waals surface area contributed by atoms with Gasteiger partial charge in [-0.1, -0.05) is 206 Å². The molecule has 2 spiro atoms. The Morgan fingerprint density at radius 3 is 1.27 bits per heavy atom. The molecule has 0 N–H and O–H groups in total. The summed E-state index contributed by atoms with van der Waals surface area (Å²) in [5, 5.41) is 2.32. The summed E-state index contributed by atoms with van der Waals surface area (Å²) in [6.45, 7) is 0. The zero-order valence-corrected chi connectivity index (χ0v) is 32.5. The number of hydrogen-bond donors (Lipinski definition) is 0. The van der Waals surface area contributed by atoms with Crippen LogP contribution in [0.25, 0.3) is 67.2 Å². The Bertz CT molecular complexity index is 3310. The molecule has 1 heterocycles. The molecule has 3 aliphatic rings. The second-order valence-corrected chi connectivity index (χ2v) is 16.2. The van der Waals surface area contributed by atoms with E-state index in [1.807, 2.05) is 6.07 Å². The monoisotopic (exact) mass is 761 g/mol. The van der Waals surface area contributed by atoms with E-state index >= 15 is 0 Å². The predicted molar refractivity (Wildman–Crippen MR) is 242 cm³/mol. The van der Waals surface area contributed by atoms with Gasteiger partial charge >= 0.3 is 0 Å². The van der Waals surface area contributed by atoms with Crippen LogP contribution < -0.4 is 0 Å². The normalized spacial score (nSPS) is 14.3. The Hall–Kier alpha value is -7.75. The lowest BCUT2D eigenvalue weighted by molar-refractivity contribution is 0.633. The Kier molecular flexibility index (Phi) is 6.86. The zero-order valence-electron chi connectivity index (χ0n) is 32.5. The van der Waals surface area contributed by atoms with Crippen molar-refractivity contribution in [3.05, 3.63) is 257 Å². The average molecular weight is 762 g/mol. The third-order valence-electron chi connectivity index (χ3n) is 13.4. The number of fused-ring (bicyclic) bond motifs is 17. The maximum atomic E-state index is 5.52. The van der Waals surface area contributed by atoms with E-state index in [1.54, 1.807) is 0 Å². The minimum atomic E-state index is -0.684. The van der Waals surface area contributed by atoms with Crippen LogP contribution in [-0.4, -0.2) is 15.0 Å². The molecule has 13 rings (SSSR count). The molecule has 0 aliphatic heterocycles. The summed E-state index contributed by atoms with van der Waals surface area (Å²) < 4.78 is 0. The van der Waals surface area contributed by atoms with E-state index in [0.717, 1.165) is 22.1 Å². The molecule has 278 valence electrons. The highest BCUT2D eigenvalue weighted by molar-refractivity contribution is 5.96. The molecule has 0 fully saturated rings. The van der Waals surface area contributed by atoms with Crippen molar-refractivity contribution in [1.82, 2.24) is 15.0 Å². The van der Waals surface area contributed by atoms with Crippen LogP contribution >= 0.6 is 0 Å². The van der Waals surface area contributed by atoms with Crippen LogP contribution in [0.3, 0.4) is 0 Å².